The summed E-state index contributed by atoms with van der Waals surface area (Å²) in [5, 5.41) is 0. The van der Waals surface area contributed by atoms with Crippen LogP contribution < -0.4 is 15.2 Å². The van der Waals surface area contributed by atoms with Gasteiger partial charge in [-0.05, 0) is 62.5 Å². The third-order valence-corrected chi connectivity index (χ3v) is 4.14. The number of nitrogens with zero attached hydrogens (tertiary/aromatic N) is 1. The molecule has 2 N–H and O–H groups in total. The first-order chi connectivity index (χ1) is 10.2. The normalized spacial score (nSPS) is 16.9. The molecule has 4 nitrogen and oxygen atoms in total. The molecule has 1 aromatic rings. The minimum Gasteiger partial charge on any atom is -0.497 e. The van der Waals surface area contributed by atoms with Gasteiger partial charge in [0.25, 0.3) is 0 Å². The fourth-order valence-electron chi connectivity index (χ4n) is 2.70. The number of benzene rings is 1. The van der Waals surface area contributed by atoms with Crippen molar-refractivity contribution in [3.63, 3.8) is 0 Å². The smallest absolute Gasteiger partial charge is 0.122 e. The van der Waals surface area contributed by atoms with Crippen molar-refractivity contribution in [1.29, 1.82) is 0 Å². The lowest BCUT2D eigenvalue weighted by molar-refractivity contribution is 0.236. The molecule has 1 saturated heterocycles. The van der Waals surface area contributed by atoms with E-state index in [9.17, 15) is 0 Å². The van der Waals surface area contributed by atoms with Crippen molar-refractivity contribution in [1.82, 2.24) is 4.90 Å². The van der Waals surface area contributed by atoms with Gasteiger partial charge < -0.3 is 15.2 Å². The van der Waals surface area contributed by atoms with Crippen LogP contribution in [0.25, 0.3) is 0 Å². The Morgan fingerprint density at radius 3 is 2.71 bits per heavy atom. The maximum atomic E-state index is 6.09. The Balaban J connectivity index is 1.95. The van der Waals surface area contributed by atoms with Crippen LogP contribution in [0.15, 0.2) is 18.2 Å². The van der Waals surface area contributed by atoms with Gasteiger partial charge in [0.15, 0.2) is 0 Å². The summed E-state index contributed by atoms with van der Waals surface area (Å²) in [5.74, 6) is 1.80. The van der Waals surface area contributed by atoms with E-state index in [0.717, 1.165) is 43.1 Å². The Morgan fingerprint density at radius 2 is 2.05 bits per heavy atom. The summed E-state index contributed by atoms with van der Waals surface area (Å²) in [6.07, 6.45) is 4.43. The van der Waals surface area contributed by atoms with Crippen LogP contribution in [0.3, 0.4) is 0 Å². The molecule has 4 heteroatoms. The third kappa shape index (κ3) is 4.90. The van der Waals surface area contributed by atoms with Crippen molar-refractivity contribution in [2.75, 3.05) is 33.4 Å². The second kappa shape index (κ2) is 8.25. The van der Waals surface area contributed by atoms with E-state index >= 15 is 0 Å². The number of rotatable bonds is 8. The average molecular weight is 292 g/mol. The molecular formula is C17H28N2O2. The SMILES string of the molecule is CCC(N)Cc1cc(OC)ccc1OCCN1CCCC1. The van der Waals surface area contributed by atoms with Crippen LogP contribution in [0.5, 0.6) is 11.5 Å². The van der Waals surface area contributed by atoms with Gasteiger partial charge in [-0.2, -0.15) is 0 Å². The Hall–Kier alpha value is -1.26. The van der Waals surface area contributed by atoms with Crippen LogP contribution in [0.4, 0.5) is 0 Å². The predicted octanol–water partition coefficient (Wildman–Crippen LogP) is 2.45. The topological polar surface area (TPSA) is 47.7 Å². The Morgan fingerprint density at radius 1 is 1.29 bits per heavy atom. The van der Waals surface area contributed by atoms with E-state index in [2.05, 4.69) is 11.8 Å². The summed E-state index contributed by atoms with van der Waals surface area (Å²) in [7, 11) is 1.69. The van der Waals surface area contributed by atoms with E-state index in [4.69, 9.17) is 15.2 Å². The zero-order valence-electron chi connectivity index (χ0n) is 13.3. The summed E-state index contributed by atoms with van der Waals surface area (Å²) >= 11 is 0. The molecule has 0 bridgehead atoms. The van der Waals surface area contributed by atoms with Gasteiger partial charge in [0.1, 0.15) is 18.1 Å². The van der Waals surface area contributed by atoms with Gasteiger partial charge in [0.2, 0.25) is 0 Å². The van der Waals surface area contributed by atoms with Crippen LogP contribution in [-0.4, -0.2) is 44.3 Å². The molecule has 1 atom stereocenters. The standard InChI is InChI=1S/C17H28N2O2/c1-3-15(18)12-14-13-16(20-2)6-7-17(14)21-11-10-19-8-4-5-9-19/h6-7,13,15H,3-5,8-12,18H2,1-2H3. The molecule has 0 saturated carbocycles. The Labute approximate surface area is 128 Å². The van der Waals surface area contributed by atoms with E-state index < -0.39 is 0 Å². The molecular weight excluding hydrogens is 264 g/mol. The van der Waals surface area contributed by atoms with Gasteiger partial charge >= 0.3 is 0 Å². The molecule has 0 radical (unpaired) electrons. The molecule has 0 aromatic heterocycles. The van der Waals surface area contributed by atoms with Gasteiger partial charge in [0, 0.05) is 12.6 Å². The summed E-state index contributed by atoms with van der Waals surface area (Å²) in [5.41, 5.74) is 7.23. The number of likely N-dealkylation sites (tertiary alicyclic amines) is 1. The first-order valence-corrected chi connectivity index (χ1v) is 8.00. The largest absolute Gasteiger partial charge is 0.497 e. The van der Waals surface area contributed by atoms with Crippen LogP contribution in [-0.2, 0) is 6.42 Å². The van der Waals surface area contributed by atoms with E-state index in [-0.39, 0.29) is 6.04 Å². The third-order valence-electron chi connectivity index (χ3n) is 4.14. The highest BCUT2D eigenvalue weighted by molar-refractivity contribution is 5.40. The number of hydrogen-bond acceptors (Lipinski definition) is 4. The van der Waals surface area contributed by atoms with Crippen LogP contribution in [0.2, 0.25) is 0 Å². The maximum absolute atomic E-state index is 6.09. The molecule has 1 heterocycles. The molecule has 1 aliphatic rings. The number of ether oxygens (including phenoxy) is 2. The molecule has 1 unspecified atom stereocenters. The molecule has 0 amide bonds. The van der Waals surface area contributed by atoms with E-state index in [0.29, 0.717) is 0 Å². The van der Waals surface area contributed by atoms with Crippen molar-refractivity contribution in [2.24, 2.45) is 5.73 Å². The monoisotopic (exact) mass is 292 g/mol. The number of hydrogen-bond donors (Lipinski definition) is 1. The zero-order valence-corrected chi connectivity index (χ0v) is 13.3. The fourth-order valence-corrected chi connectivity index (χ4v) is 2.70. The summed E-state index contributed by atoms with van der Waals surface area (Å²) < 4.78 is 11.3. The minimum atomic E-state index is 0.165. The van der Waals surface area contributed by atoms with Gasteiger partial charge in [-0.25, -0.2) is 0 Å². The van der Waals surface area contributed by atoms with Crippen LogP contribution in [0, 0.1) is 0 Å². The molecule has 21 heavy (non-hydrogen) atoms. The van der Waals surface area contributed by atoms with Gasteiger partial charge in [-0.3, -0.25) is 4.90 Å². The quantitative estimate of drug-likeness (QED) is 0.799. The first kappa shape index (κ1) is 16.1. The number of nitrogens with two attached hydrogens (primary N) is 1. The molecule has 118 valence electrons. The van der Waals surface area contributed by atoms with Gasteiger partial charge in [-0.15, -0.1) is 0 Å². The fraction of sp³-hybridized carbons (Fsp3) is 0.647. The van der Waals surface area contributed by atoms with Gasteiger partial charge in [0.05, 0.1) is 7.11 Å². The lowest BCUT2D eigenvalue weighted by atomic mass is 10.0. The van der Waals surface area contributed by atoms with E-state index in [1.54, 1.807) is 7.11 Å². The highest BCUT2D eigenvalue weighted by Crippen LogP contribution is 2.25. The number of methoxy groups -OCH3 is 1. The molecule has 2 rings (SSSR count). The lowest BCUT2D eigenvalue weighted by Crippen LogP contribution is -2.25. The first-order valence-electron chi connectivity index (χ1n) is 8.00. The summed E-state index contributed by atoms with van der Waals surface area (Å²) in [4.78, 5) is 2.46. The predicted molar refractivity (Wildman–Crippen MR) is 86.1 cm³/mol. The van der Waals surface area contributed by atoms with Crippen molar-refractivity contribution < 1.29 is 9.47 Å². The Bertz CT molecular complexity index is 431. The van der Waals surface area contributed by atoms with E-state index in [1.807, 2.05) is 18.2 Å². The van der Waals surface area contributed by atoms with Crippen LogP contribution in [0.1, 0.15) is 31.7 Å². The summed E-state index contributed by atoms with van der Waals surface area (Å²) in [6.45, 7) is 6.27. The van der Waals surface area contributed by atoms with Gasteiger partial charge in [-0.1, -0.05) is 6.92 Å². The van der Waals surface area contributed by atoms with Crippen molar-refractivity contribution in [3.05, 3.63) is 23.8 Å². The molecule has 0 spiro atoms. The Kier molecular flexibility index (Phi) is 6.33. The minimum absolute atomic E-state index is 0.165. The van der Waals surface area contributed by atoms with Crippen LogP contribution >= 0.6 is 0 Å². The van der Waals surface area contributed by atoms with E-state index in [1.165, 1.54) is 25.9 Å². The maximum Gasteiger partial charge on any atom is 0.122 e. The van der Waals surface area contributed by atoms with Crippen molar-refractivity contribution >= 4 is 0 Å². The highest BCUT2D eigenvalue weighted by atomic mass is 16.5. The van der Waals surface area contributed by atoms with Crippen molar-refractivity contribution in [3.8, 4) is 11.5 Å². The molecule has 0 aliphatic carbocycles. The second-order valence-electron chi connectivity index (χ2n) is 5.74. The molecule has 1 aliphatic heterocycles. The zero-order chi connectivity index (χ0) is 15.1. The summed E-state index contributed by atoms with van der Waals surface area (Å²) in [6, 6.07) is 6.16. The molecule has 1 fully saturated rings. The van der Waals surface area contributed by atoms with Crippen molar-refractivity contribution in [2.45, 2.75) is 38.6 Å². The second-order valence-corrected chi connectivity index (χ2v) is 5.74. The average Bonchev–Trinajstić information content (AvgIpc) is 3.01. The highest BCUT2D eigenvalue weighted by Gasteiger charge is 2.13. The molecule has 1 aromatic carbocycles. The lowest BCUT2D eigenvalue weighted by Gasteiger charge is -2.18.